The Morgan fingerprint density at radius 3 is 2.26 bits per heavy atom. The number of ether oxygens (including phenoxy) is 3. The van der Waals surface area contributed by atoms with Gasteiger partial charge in [-0.1, -0.05) is 18.2 Å². The van der Waals surface area contributed by atoms with E-state index in [0.29, 0.717) is 6.42 Å². The summed E-state index contributed by atoms with van der Waals surface area (Å²) in [5.41, 5.74) is 0.682. The van der Waals surface area contributed by atoms with E-state index in [4.69, 9.17) is 4.74 Å². The fourth-order valence-electron chi connectivity index (χ4n) is 2.32. The third-order valence-corrected chi connectivity index (χ3v) is 3.50. The zero-order valence-corrected chi connectivity index (χ0v) is 14.3. The van der Waals surface area contributed by atoms with E-state index in [1.54, 1.807) is 12.1 Å². The zero-order valence-electron chi connectivity index (χ0n) is 14.3. The molecule has 2 aromatic rings. The molecular weight excluding hydrogens is 370 g/mol. The van der Waals surface area contributed by atoms with Crippen molar-refractivity contribution in [2.75, 3.05) is 13.7 Å². The van der Waals surface area contributed by atoms with Crippen LogP contribution in [0.1, 0.15) is 15.9 Å². The Balaban J connectivity index is 1.97. The van der Waals surface area contributed by atoms with Gasteiger partial charge in [-0.2, -0.15) is 17.6 Å². The predicted molar refractivity (Wildman–Crippen MR) is 88.7 cm³/mol. The Kier molecular flexibility index (Phi) is 7.27. The molecule has 0 fully saturated rings. The van der Waals surface area contributed by atoms with Crippen molar-refractivity contribution in [1.29, 1.82) is 0 Å². The number of carbonyl (C=O) groups is 1. The maximum Gasteiger partial charge on any atom is 0.387 e. The average Bonchev–Trinajstić information content (AvgIpc) is 2.62. The summed E-state index contributed by atoms with van der Waals surface area (Å²) in [6, 6.07) is 10.2. The lowest BCUT2D eigenvalue weighted by Crippen LogP contribution is -2.26. The summed E-state index contributed by atoms with van der Waals surface area (Å²) in [5.74, 6) is -0.913. The SMILES string of the molecule is COc1cccc(C(=O)NCCc2ccc(OC(F)F)cc2)c1OC(F)F. The van der Waals surface area contributed by atoms with E-state index in [0.717, 1.165) is 5.56 Å². The van der Waals surface area contributed by atoms with Crippen molar-refractivity contribution in [3.05, 3.63) is 53.6 Å². The summed E-state index contributed by atoms with van der Waals surface area (Å²) in [6.07, 6.45) is 0.399. The molecule has 0 aliphatic rings. The first-order valence-electron chi connectivity index (χ1n) is 7.84. The van der Waals surface area contributed by atoms with E-state index in [9.17, 15) is 22.4 Å². The molecule has 9 heteroatoms. The molecule has 0 atom stereocenters. The molecule has 0 spiro atoms. The lowest BCUT2D eigenvalue weighted by Gasteiger charge is -2.14. The van der Waals surface area contributed by atoms with E-state index < -0.39 is 19.1 Å². The van der Waals surface area contributed by atoms with E-state index in [2.05, 4.69) is 14.8 Å². The normalized spacial score (nSPS) is 10.8. The quantitative estimate of drug-likeness (QED) is 0.664. The largest absolute Gasteiger partial charge is 0.493 e. The van der Waals surface area contributed by atoms with E-state index in [1.165, 1.54) is 37.4 Å². The summed E-state index contributed by atoms with van der Waals surface area (Å²) in [7, 11) is 1.27. The molecule has 1 N–H and O–H groups in total. The monoisotopic (exact) mass is 387 g/mol. The van der Waals surface area contributed by atoms with Crippen LogP contribution in [0.2, 0.25) is 0 Å². The van der Waals surface area contributed by atoms with Gasteiger partial charge in [0.1, 0.15) is 5.75 Å². The van der Waals surface area contributed by atoms with Crippen molar-refractivity contribution >= 4 is 5.91 Å². The number of nitrogens with one attached hydrogen (secondary N) is 1. The molecular formula is C18H17F4NO4. The Labute approximate surface area is 152 Å². The first-order chi connectivity index (χ1) is 12.9. The van der Waals surface area contributed by atoms with Crippen molar-refractivity contribution in [2.45, 2.75) is 19.6 Å². The zero-order chi connectivity index (χ0) is 19.8. The molecule has 0 aromatic heterocycles. The molecule has 0 saturated carbocycles. The van der Waals surface area contributed by atoms with Crippen molar-refractivity contribution in [2.24, 2.45) is 0 Å². The number of halogens is 4. The summed E-state index contributed by atoms with van der Waals surface area (Å²) in [4.78, 5) is 12.3. The van der Waals surface area contributed by atoms with Crippen LogP contribution in [0.25, 0.3) is 0 Å². The number of para-hydroxylation sites is 1. The van der Waals surface area contributed by atoms with Gasteiger partial charge in [-0.25, -0.2) is 0 Å². The molecule has 0 bridgehead atoms. The number of amides is 1. The highest BCUT2D eigenvalue weighted by atomic mass is 19.3. The van der Waals surface area contributed by atoms with Gasteiger partial charge in [0.15, 0.2) is 11.5 Å². The van der Waals surface area contributed by atoms with Gasteiger partial charge in [-0.05, 0) is 36.2 Å². The Bertz CT molecular complexity index is 754. The molecule has 0 radical (unpaired) electrons. The summed E-state index contributed by atoms with van der Waals surface area (Å²) >= 11 is 0. The van der Waals surface area contributed by atoms with Gasteiger partial charge in [0.25, 0.3) is 5.91 Å². The molecule has 146 valence electrons. The Hall–Kier alpha value is -2.97. The van der Waals surface area contributed by atoms with Crippen LogP contribution in [-0.4, -0.2) is 32.8 Å². The van der Waals surface area contributed by atoms with Gasteiger partial charge in [0.05, 0.1) is 12.7 Å². The molecule has 0 heterocycles. The number of hydrogen-bond donors (Lipinski definition) is 1. The minimum atomic E-state index is -3.11. The van der Waals surface area contributed by atoms with Crippen molar-refractivity contribution in [3.63, 3.8) is 0 Å². The first kappa shape index (κ1) is 20.3. The predicted octanol–water partition coefficient (Wildman–Crippen LogP) is 3.87. The summed E-state index contributed by atoms with van der Waals surface area (Å²) in [6.45, 7) is -5.82. The molecule has 2 rings (SSSR count). The second kappa shape index (κ2) is 9.65. The van der Waals surface area contributed by atoms with Crippen molar-refractivity contribution in [3.8, 4) is 17.2 Å². The lowest BCUT2D eigenvalue weighted by atomic mass is 10.1. The minimum absolute atomic E-state index is 0.0116. The maximum atomic E-state index is 12.6. The fraction of sp³-hybridized carbons (Fsp3) is 0.278. The van der Waals surface area contributed by atoms with Crippen molar-refractivity contribution in [1.82, 2.24) is 5.32 Å². The molecule has 0 aliphatic heterocycles. The van der Waals surface area contributed by atoms with Gasteiger partial charge in [0.2, 0.25) is 0 Å². The fourth-order valence-corrected chi connectivity index (χ4v) is 2.32. The van der Waals surface area contributed by atoms with Crippen molar-refractivity contribution < 1.29 is 36.6 Å². The standard InChI is InChI=1S/C18H17F4NO4/c1-25-14-4-2-3-13(15(14)27-18(21)22)16(24)23-10-9-11-5-7-12(8-6-11)26-17(19)20/h2-8,17-18H,9-10H2,1H3,(H,23,24). The number of methoxy groups -OCH3 is 1. The number of hydrogen-bond acceptors (Lipinski definition) is 4. The summed E-state index contributed by atoms with van der Waals surface area (Å²) in [5, 5.41) is 2.59. The second-order valence-electron chi connectivity index (χ2n) is 5.24. The molecule has 0 aliphatic carbocycles. The van der Waals surface area contributed by atoms with E-state index >= 15 is 0 Å². The highest BCUT2D eigenvalue weighted by Gasteiger charge is 2.20. The number of carbonyl (C=O) groups excluding carboxylic acids is 1. The number of benzene rings is 2. The van der Waals surface area contributed by atoms with Crippen LogP contribution in [0.4, 0.5) is 17.6 Å². The smallest absolute Gasteiger partial charge is 0.387 e. The highest BCUT2D eigenvalue weighted by Crippen LogP contribution is 2.32. The van der Waals surface area contributed by atoms with Gasteiger partial charge >= 0.3 is 13.2 Å². The third kappa shape index (κ3) is 6.05. The van der Waals surface area contributed by atoms with Gasteiger partial charge in [-0.3, -0.25) is 4.79 Å². The first-order valence-corrected chi connectivity index (χ1v) is 7.84. The molecule has 27 heavy (non-hydrogen) atoms. The molecule has 0 unspecified atom stereocenters. The Morgan fingerprint density at radius 2 is 1.67 bits per heavy atom. The lowest BCUT2D eigenvalue weighted by molar-refractivity contribution is -0.0517. The highest BCUT2D eigenvalue weighted by molar-refractivity contribution is 5.97. The van der Waals surface area contributed by atoms with E-state index in [1.807, 2.05) is 0 Å². The molecule has 5 nitrogen and oxygen atoms in total. The third-order valence-electron chi connectivity index (χ3n) is 3.50. The van der Waals surface area contributed by atoms with Gasteiger partial charge in [-0.15, -0.1) is 0 Å². The van der Waals surface area contributed by atoms with Crippen LogP contribution in [0.5, 0.6) is 17.2 Å². The second-order valence-corrected chi connectivity index (χ2v) is 5.24. The number of rotatable bonds is 9. The van der Waals surface area contributed by atoms with E-state index in [-0.39, 0.29) is 29.4 Å². The van der Waals surface area contributed by atoms with Crippen LogP contribution in [-0.2, 0) is 6.42 Å². The molecule has 1 amide bonds. The van der Waals surface area contributed by atoms with Gasteiger partial charge in [0, 0.05) is 6.54 Å². The molecule has 2 aromatic carbocycles. The van der Waals surface area contributed by atoms with Crippen LogP contribution in [0.15, 0.2) is 42.5 Å². The average molecular weight is 387 g/mol. The number of alkyl halides is 4. The van der Waals surface area contributed by atoms with Crippen LogP contribution in [0.3, 0.4) is 0 Å². The van der Waals surface area contributed by atoms with Gasteiger partial charge < -0.3 is 19.5 Å². The van der Waals surface area contributed by atoms with Crippen LogP contribution >= 0.6 is 0 Å². The Morgan fingerprint density at radius 1 is 1.00 bits per heavy atom. The summed E-state index contributed by atoms with van der Waals surface area (Å²) < 4.78 is 63.0. The maximum absolute atomic E-state index is 12.6. The topological polar surface area (TPSA) is 56.8 Å². The minimum Gasteiger partial charge on any atom is -0.493 e. The molecule has 0 saturated heterocycles. The van der Waals surface area contributed by atoms with Crippen LogP contribution < -0.4 is 19.5 Å². The van der Waals surface area contributed by atoms with Crippen LogP contribution in [0, 0.1) is 0 Å².